The molecule has 2 rings (SSSR count). The fraction of sp³-hybridized carbons (Fsp3) is 0.947. The van der Waals surface area contributed by atoms with Crippen molar-refractivity contribution in [2.75, 3.05) is 0 Å². The molecular weight excluding hydrogens is 260 g/mol. The quantitative estimate of drug-likeness (QED) is 0.668. The smallest absolute Gasteiger partial charge is 0.311 e. The summed E-state index contributed by atoms with van der Waals surface area (Å²) in [6.45, 7) is 17.7. The summed E-state index contributed by atoms with van der Waals surface area (Å²) in [7, 11) is 0. The highest BCUT2D eigenvalue weighted by molar-refractivity contribution is 5.76. The second-order valence-electron chi connectivity index (χ2n) is 10.1. The summed E-state index contributed by atoms with van der Waals surface area (Å²) in [6, 6.07) is 0. The Morgan fingerprint density at radius 3 is 2.10 bits per heavy atom. The van der Waals surface area contributed by atoms with E-state index in [0.29, 0.717) is 11.3 Å². The third-order valence-electron chi connectivity index (χ3n) is 6.49. The molecule has 2 bridgehead atoms. The van der Waals surface area contributed by atoms with Crippen LogP contribution in [0.25, 0.3) is 0 Å². The van der Waals surface area contributed by atoms with E-state index < -0.39 is 5.41 Å². The van der Waals surface area contributed by atoms with Gasteiger partial charge in [0, 0.05) is 5.41 Å². The predicted molar refractivity (Wildman–Crippen MR) is 87.0 cm³/mol. The van der Waals surface area contributed by atoms with E-state index in [1.165, 1.54) is 12.8 Å². The number of rotatable bonds is 3. The molecule has 2 aliphatic rings. The van der Waals surface area contributed by atoms with Crippen molar-refractivity contribution in [1.82, 2.24) is 0 Å². The van der Waals surface area contributed by atoms with Crippen molar-refractivity contribution >= 4 is 5.97 Å². The highest BCUT2D eigenvalue weighted by Crippen LogP contribution is 2.66. The molecule has 0 radical (unpaired) electrons. The number of ether oxygens (including phenoxy) is 1. The number of fused-ring (bicyclic) bond motifs is 2. The number of carbonyl (C=O) groups excluding carboxylic acids is 1. The van der Waals surface area contributed by atoms with Gasteiger partial charge in [-0.3, -0.25) is 4.79 Å². The van der Waals surface area contributed by atoms with Crippen LogP contribution in [0.15, 0.2) is 0 Å². The Labute approximate surface area is 131 Å². The zero-order valence-electron chi connectivity index (χ0n) is 15.3. The molecule has 0 N–H and O–H groups in total. The molecule has 3 atom stereocenters. The molecule has 0 aliphatic heterocycles. The van der Waals surface area contributed by atoms with Gasteiger partial charge in [-0.05, 0) is 56.3 Å². The van der Waals surface area contributed by atoms with Gasteiger partial charge in [0.25, 0.3) is 0 Å². The Bertz CT molecular complexity index is 427. The maximum Gasteiger partial charge on any atom is 0.311 e. The summed E-state index contributed by atoms with van der Waals surface area (Å²) in [5.41, 5.74) is 0.193. The zero-order chi connectivity index (χ0) is 16.3. The van der Waals surface area contributed by atoms with E-state index in [2.05, 4.69) is 41.5 Å². The molecule has 21 heavy (non-hydrogen) atoms. The number of carbonyl (C=O) groups is 1. The van der Waals surface area contributed by atoms with Crippen molar-refractivity contribution in [3.05, 3.63) is 0 Å². The van der Waals surface area contributed by atoms with E-state index in [9.17, 15) is 4.79 Å². The molecule has 0 spiro atoms. The third-order valence-corrected chi connectivity index (χ3v) is 6.49. The molecule has 2 aliphatic carbocycles. The molecule has 2 fully saturated rings. The van der Waals surface area contributed by atoms with Crippen LogP contribution in [0.5, 0.6) is 0 Å². The molecule has 122 valence electrons. The Balaban J connectivity index is 2.08. The van der Waals surface area contributed by atoms with Crippen LogP contribution in [-0.2, 0) is 9.53 Å². The van der Waals surface area contributed by atoms with Crippen LogP contribution in [0.3, 0.4) is 0 Å². The normalized spacial score (nSPS) is 35.0. The van der Waals surface area contributed by atoms with Crippen molar-refractivity contribution in [2.45, 2.75) is 87.2 Å². The molecule has 0 aromatic carbocycles. The Morgan fingerprint density at radius 2 is 1.71 bits per heavy atom. The Kier molecular flexibility index (Phi) is 3.79. The molecule has 0 aromatic heterocycles. The zero-order valence-corrected chi connectivity index (χ0v) is 15.3. The van der Waals surface area contributed by atoms with Crippen LogP contribution < -0.4 is 0 Å². The van der Waals surface area contributed by atoms with E-state index in [1.54, 1.807) is 0 Å². The monoisotopic (exact) mass is 294 g/mol. The van der Waals surface area contributed by atoms with Crippen molar-refractivity contribution in [3.8, 4) is 0 Å². The van der Waals surface area contributed by atoms with E-state index in [-0.39, 0.29) is 22.9 Å². The fourth-order valence-electron chi connectivity index (χ4n) is 5.00. The van der Waals surface area contributed by atoms with Crippen LogP contribution in [0.2, 0.25) is 0 Å². The van der Waals surface area contributed by atoms with Gasteiger partial charge in [0.05, 0.1) is 5.41 Å². The number of hydrogen-bond donors (Lipinski definition) is 0. The minimum absolute atomic E-state index is 0.00741. The standard InChI is InChI=1S/C19H34O2/c1-16(2,3)12-17(4,5)15(20)21-14-11-13-9-10-19(14,8)18(13,6)7/h13-14H,9-12H2,1-8H3. The van der Waals surface area contributed by atoms with Crippen LogP contribution in [0, 0.1) is 27.6 Å². The van der Waals surface area contributed by atoms with E-state index in [1.807, 2.05) is 13.8 Å². The summed E-state index contributed by atoms with van der Waals surface area (Å²) in [6.07, 6.45) is 4.51. The maximum absolute atomic E-state index is 12.7. The molecule has 3 unspecified atom stereocenters. The lowest BCUT2D eigenvalue weighted by molar-refractivity contribution is -0.169. The van der Waals surface area contributed by atoms with Gasteiger partial charge in [-0.25, -0.2) is 0 Å². The lowest BCUT2D eigenvalue weighted by atomic mass is 9.70. The average molecular weight is 294 g/mol. The molecule has 2 heteroatoms. The lowest BCUT2D eigenvalue weighted by Gasteiger charge is -2.40. The highest BCUT2D eigenvalue weighted by atomic mass is 16.5. The molecule has 2 saturated carbocycles. The van der Waals surface area contributed by atoms with E-state index >= 15 is 0 Å². The van der Waals surface area contributed by atoms with Gasteiger partial charge >= 0.3 is 5.97 Å². The largest absolute Gasteiger partial charge is 0.461 e. The second-order valence-corrected chi connectivity index (χ2v) is 10.1. The van der Waals surface area contributed by atoms with Gasteiger partial charge in [0.1, 0.15) is 6.10 Å². The first-order valence-corrected chi connectivity index (χ1v) is 8.51. The van der Waals surface area contributed by atoms with Gasteiger partial charge in [0.15, 0.2) is 0 Å². The molecule has 0 saturated heterocycles. The van der Waals surface area contributed by atoms with Gasteiger partial charge < -0.3 is 4.74 Å². The van der Waals surface area contributed by atoms with Crippen molar-refractivity contribution < 1.29 is 9.53 Å². The first-order valence-electron chi connectivity index (χ1n) is 8.51. The first-order chi connectivity index (χ1) is 9.30. The SMILES string of the molecule is CC(C)(C)CC(C)(C)C(=O)OC1CC2CCC1(C)C2(C)C. The summed E-state index contributed by atoms with van der Waals surface area (Å²) in [4.78, 5) is 12.7. The number of esters is 1. The van der Waals surface area contributed by atoms with E-state index in [0.717, 1.165) is 12.8 Å². The molecule has 2 nitrogen and oxygen atoms in total. The van der Waals surface area contributed by atoms with Crippen molar-refractivity contribution in [1.29, 1.82) is 0 Å². The van der Waals surface area contributed by atoms with E-state index in [4.69, 9.17) is 4.74 Å². The molecular formula is C19H34O2. The minimum atomic E-state index is -0.402. The highest BCUT2D eigenvalue weighted by Gasteiger charge is 2.63. The second kappa shape index (κ2) is 4.73. The summed E-state index contributed by atoms with van der Waals surface area (Å²) in [5, 5.41) is 0. The molecule has 0 heterocycles. The van der Waals surface area contributed by atoms with Crippen LogP contribution in [0.1, 0.15) is 81.1 Å². The Morgan fingerprint density at radius 1 is 1.14 bits per heavy atom. The van der Waals surface area contributed by atoms with Crippen molar-refractivity contribution in [2.24, 2.45) is 27.6 Å². The molecule has 0 aromatic rings. The fourth-order valence-corrected chi connectivity index (χ4v) is 5.00. The van der Waals surface area contributed by atoms with Crippen LogP contribution >= 0.6 is 0 Å². The summed E-state index contributed by atoms with van der Waals surface area (Å²) < 4.78 is 6.06. The minimum Gasteiger partial charge on any atom is -0.461 e. The third kappa shape index (κ3) is 2.75. The summed E-state index contributed by atoms with van der Waals surface area (Å²) >= 11 is 0. The predicted octanol–water partition coefficient (Wildman–Crippen LogP) is 5.21. The maximum atomic E-state index is 12.7. The van der Waals surface area contributed by atoms with Gasteiger partial charge in [0.2, 0.25) is 0 Å². The summed E-state index contributed by atoms with van der Waals surface area (Å²) in [5.74, 6) is 0.707. The van der Waals surface area contributed by atoms with Crippen LogP contribution in [0.4, 0.5) is 0 Å². The van der Waals surface area contributed by atoms with Gasteiger partial charge in [-0.15, -0.1) is 0 Å². The average Bonchev–Trinajstić information content (AvgIpc) is 2.58. The van der Waals surface area contributed by atoms with Crippen LogP contribution in [-0.4, -0.2) is 12.1 Å². The van der Waals surface area contributed by atoms with Crippen molar-refractivity contribution in [3.63, 3.8) is 0 Å². The lowest BCUT2D eigenvalue weighted by Crippen LogP contribution is -2.41. The van der Waals surface area contributed by atoms with Gasteiger partial charge in [-0.2, -0.15) is 0 Å². The number of hydrogen-bond acceptors (Lipinski definition) is 2. The Hall–Kier alpha value is -0.530. The topological polar surface area (TPSA) is 26.3 Å². The first kappa shape index (κ1) is 16.8. The molecule has 0 amide bonds. The van der Waals surface area contributed by atoms with Gasteiger partial charge in [-0.1, -0.05) is 41.5 Å².